The van der Waals surface area contributed by atoms with Gasteiger partial charge >= 0.3 is 5.69 Å². The molecule has 2 aromatic carbocycles. The lowest BCUT2D eigenvalue weighted by atomic mass is 9.97. The molecule has 3 heterocycles. The van der Waals surface area contributed by atoms with Gasteiger partial charge in [-0.3, -0.25) is 9.36 Å². The van der Waals surface area contributed by atoms with Gasteiger partial charge in [0.15, 0.2) is 0 Å². The minimum atomic E-state index is -0.791. The van der Waals surface area contributed by atoms with Gasteiger partial charge in [-0.25, -0.2) is 13.6 Å². The normalized spacial score (nSPS) is 18.0. The third-order valence-corrected chi connectivity index (χ3v) is 7.71. The molecule has 1 fully saturated rings. The van der Waals surface area contributed by atoms with Crippen molar-refractivity contribution in [3.63, 3.8) is 0 Å². The van der Waals surface area contributed by atoms with Crippen molar-refractivity contribution < 1.29 is 18.7 Å². The van der Waals surface area contributed by atoms with E-state index < -0.39 is 23.4 Å². The molecule has 1 aromatic heterocycles. The average molecular weight is 499 g/mol. The molecule has 182 valence electrons. The number of aryl methyl sites for hydroxylation is 1. The van der Waals surface area contributed by atoms with Crippen LogP contribution in [0.1, 0.15) is 5.56 Å². The Balaban J connectivity index is 1.72. The molecule has 0 saturated carbocycles. The first-order valence-electron chi connectivity index (χ1n) is 11.3. The van der Waals surface area contributed by atoms with E-state index in [0.29, 0.717) is 59.1 Å². The fourth-order valence-corrected chi connectivity index (χ4v) is 6.05. The van der Waals surface area contributed by atoms with E-state index in [9.17, 15) is 23.5 Å². The fourth-order valence-electron chi connectivity index (χ4n) is 4.81. The molecule has 7 nitrogen and oxygen atoms in total. The summed E-state index contributed by atoms with van der Waals surface area (Å²) in [6.45, 7) is 7.36. The molecule has 0 radical (unpaired) electrons. The Morgan fingerprint density at radius 1 is 1.23 bits per heavy atom. The molecule has 1 saturated heterocycles. The van der Waals surface area contributed by atoms with Crippen molar-refractivity contribution in [3.05, 3.63) is 64.6 Å². The molecule has 1 unspecified atom stereocenters. The van der Waals surface area contributed by atoms with Crippen molar-refractivity contribution in [1.29, 1.82) is 0 Å². The van der Waals surface area contributed by atoms with E-state index in [0.717, 1.165) is 11.6 Å². The van der Waals surface area contributed by atoms with Gasteiger partial charge in [-0.2, -0.15) is 4.98 Å². The predicted molar refractivity (Wildman–Crippen MR) is 132 cm³/mol. The molecule has 5 rings (SSSR count). The van der Waals surface area contributed by atoms with Crippen LogP contribution in [0.5, 0.6) is 0 Å². The van der Waals surface area contributed by atoms with Crippen molar-refractivity contribution in [2.24, 2.45) is 0 Å². The van der Waals surface area contributed by atoms with Crippen LogP contribution in [0, 0.1) is 18.6 Å². The maximum atomic E-state index is 14.9. The SMILES string of the molecule is C=CC(=O)N1CCN(c2nc(=O)n3c4c(c(-c5ccc(F)cc5F)c(C)cc24)SCC(O)C3)CC1. The highest BCUT2D eigenvalue weighted by Crippen LogP contribution is 2.44. The van der Waals surface area contributed by atoms with Gasteiger partial charge < -0.3 is 14.9 Å². The quantitative estimate of drug-likeness (QED) is 0.560. The smallest absolute Gasteiger partial charge is 0.350 e. The van der Waals surface area contributed by atoms with Crippen molar-refractivity contribution in [3.8, 4) is 11.1 Å². The molecule has 0 bridgehead atoms. The van der Waals surface area contributed by atoms with Gasteiger partial charge in [-0.1, -0.05) is 6.58 Å². The summed E-state index contributed by atoms with van der Waals surface area (Å²) in [6, 6.07) is 5.32. The van der Waals surface area contributed by atoms with E-state index in [-0.39, 0.29) is 18.0 Å². The van der Waals surface area contributed by atoms with Crippen molar-refractivity contribution in [2.75, 3.05) is 36.8 Å². The first-order chi connectivity index (χ1) is 16.8. The number of aliphatic hydroxyl groups is 1. The van der Waals surface area contributed by atoms with Crippen LogP contribution in [0.2, 0.25) is 0 Å². The molecule has 2 aliphatic heterocycles. The summed E-state index contributed by atoms with van der Waals surface area (Å²) in [5, 5.41) is 11.2. The number of carbonyl (C=O) groups excluding carboxylic acids is 1. The molecular weight excluding hydrogens is 474 g/mol. The zero-order valence-corrected chi connectivity index (χ0v) is 19.9. The second kappa shape index (κ2) is 9.09. The van der Waals surface area contributed by atoms with Gasteiger partial charge in [0.25, 0.3) is 0 Å². The van der Waals surface area contributed by atoms with E-state index in [2.05, 4.69) is 11.6 Å². The Morgan fingerprint density at radius 3 is 2.66 bits per heavy atom. The van der Waals surface area contributed by atoms with E-state index >= 15 is 0 Å². The third kappa shape index (κ3) is 4.10. The van der Waals surface area contributed by atoms with Crippen LogP contribution in [0.3, 0.4) is 0 Å². The zero-order chi connectivity index (χ0) is 24.9. The number of halogens is 2. The number of nitrogens with zero attached hydrogens (tertiary/aromatic N) is 4. The Morgan fingerprint density at radius 2 is 1.97 bits per heavy atom. The number of aliphatic hydroxyl groups excluding tert-OH is 1. The summed E-state index contributed by atoms with van der Waals surface area (Å²) < 4.78 is 30.0. The summed E-state index contributed by atoms with van der Waals surface area (Å²) >= 11 is 1.35. The summed E-state index contributed by atoms with van der Waals surface area (Å²) in [6.07, 6.45) is 0.495. The van der Waals surface area contributed by atoms with Crippen molar-refractivity contribution in [1.82, 2.24) is 14.5 Å². The van der Waals surface area contributed by atoms with Gasteiger partial charge in [0, 0.05) is 59.4 Å². The lowest BCUT2D eigenvalue weighted by Gasteiger charge is -2.35. The Kier molecular flexibility index (Phi) is 6.10. The first kappa shape index (κ1) is 23.5. The summed E-state index contributed by atoms with van der Waals surface area (Å²) in [4.78, 5) is 33.9. The van der Waals surface area contributed by atoms with Gasteiger partial charge in [-0.15, -0.1) is 11.8 Å². The molecule has 2 aliphatic rings. The lowest BCUT2D eigenvalue weighted by Crippen LogP contribution is -2.49. The fraction of sp³-hybridized carbons (Fsp3) is 0.320. The summed E-state index contributed by atoms with van der Waals surface area (Å²) in [7, 11) is 0. The predicted octanol–water partition coefficient (Wildman–Crippen LogP) is 2.95. The number of benzene rings is 2. The number of carbonyl (C=O) groups is 1. The molecule has 35 heavy (non-hydrogen) atoms. The number of thioether (sulfide) groups is 1. The van der Waals surface area contributed by atoms with Crippen LogP contribution in [0.25, 0.3) is 22.0 Å². The van der Waals surface area contributed by atoms with Crippen LogP contribution in [0.4, 0.5) is 14.6 Å². The van der Waals surface area contributed by atoms with E-state index in [4.69, 9.17) is 0 Å². The zero-order valence-electron chi connectivity index (χ0n) is 19.1. The lowest BCUT2D eigenvalue weighted by molar-refractivity contribution is -0.126. The molecule has 1 amide bonds. The van der Waals surface area contributed by atoms with Crippen LogP contribution >= 0.6 is 11.8 Å². The molecule has 0 spiro atoms. The van der Waals surface area contributed by atoms with Gasteiger partial charge in [-0.05, 0) is 36.8 Å². The Labute approximate surface area is 204 Å². The number of aromatic nitrogens is 2. The first-order valence-corrected chi connectivity index (χ1v) is 12.3. The van der Waals surface area contributed by atoms with E-state index in [1.165, 1.54) is 34.5 Å². The topological polar surface area (TPSA) is 78.7 Å². The molecule has 3 aromatic rings. The molecule has 0 aliphatic carbocycles. The highest BCUT2D eigenvalue weighted by atomic mass is 32.2. The second-order valence-corrected chi connectivity index (χ2v) is 9.76. The maximum absolute atomic E-state index is 14.9. The van der Waals surface area contributed by atoms with Crippen molar-refractivity contribution in [2.45, 2.75) is 24.5 Å². The minimum absolute atomic E-state index is 0.0681. The minimum Gasteiger partial charge on any atom is -0.390 e. The number of rotatable bonds is 3. The number of piperazine rings is 1. The standard InChI is InChI=1S/C25H24F2N4O3S/c1-3-20(33)29-6-8-30(9-7-29)24-18-10-14(2)21(17-5-4-15(26)11-19(17)27)23-22(18)31(25(34)28-24)12-16(32)13-35-23/h3-5,10-11,16,32H,1,6-9,12-13H2,2H3. The molecular formula is C25H24F2N4O3S. The molecule has 1 atom stereocenters. The van der Waals surface area contributed by atoms with Crippen molar-refractivity contribution >= 4 is 34.4 Å². The van der Waals surface area contributed by atoms with Crippen LogP contribution in [-0.2, 0) is 11.3 Å². The van der Waals surface area contributed by atoms with Crippen LogP contribution in [0.15, 0.2) is 46.6 Å². The van der Waals surface area contributed by atoms with Gasteiger partial charge in [0.1, 0.15) is 17.5 Å². The van der Waals surface area contributed by atoms with Gasteiger partial charge in [0.05, 0.1) is 18.2 Å². The highest BCUT2D eigenvalue weighted by Gasteiger charge is 2.29. The Bertz CT molecular complexity index is 1420. The third-order valence-electron chi connectivity index (χ3n) is 6.48. The number of anilines is 1. The number of amides is 1. The highest BCUT2D eigenvalue weighted by molar-refractivity contribution is 7.99. The largest absolute Gasteiger partial charge is 0.390 e. The maximum Gasteiger partial charge on any atom is 0.350 e. The molecule has 1 N–H and O–H groups in total. The monoisotopic (exact) mass is 498 g/mol. The molecule has 10 heteroatoms. The summed E-state index contributed by atoms with van der Waals surface area (Å²) in [5.41, 5.74) is 1.62. The second-order valence-electron chi connectivity index (χ2n) is 8.73. The number of hydrogen-bond acceptors (Lipinski definition) is 6. The average Bonchev–Trinajstić information content (AvgIpc) is 3.01. The van der Waals surface area contributed by atoms with Gasteiger partial charge in [0.2, 0.25) is 5.91 Å². The summed E-state index contributed by atoms with van der Waals surface area (Å²) in [5.74, 6) is -0.693. The van der Waals surface area contributed by atoms with Crippen LogP contribution < -0.4 is 10.6 Å². The van der Waals surface area contributed by atoms with E-state index in [1.807, 2.05) is 17.9 Å². The Hall–Kier alpha value is -3.24. The number of hydrogen-bond donors (Lipinski definition) is 1. The van der Waals surface area contributed by atoms with Crippen LogP contribution in [-0.4, -0.2) is 63.5 Å². The van der Waals surface area contributed by atoms with E-state index in [1.54, 1.807) is 4.90 Å².